The van der Waals surface area contributed by atoms with Crippen molar-refractivity contribution in [2.24, 2.45) is 7.05 Å². The van der Waals surface area contributed by atoms with Crippen molar-refractivity contribution in [2.75, 3.05) is 7.11 Å². The monoisotopic (exact) mass is 443 g/mol. The van der Waals surface area contributed by atoms with Crippen LogP contribution in [0.2, 0.25) is 5.02 Å². The molecule has 9 heteroatoms. The number of hydrogen-bond donors (Lipinski definition) is 1. The van der Waals surface area contributed by atoms with E-state index in [1.165, 1.54) is 13.2 Å². The Morgan fingerprint density at radius 1 is 1.32 bits per heavy atom. The number of para-hydroxylation sites is 2. The van der Waals surface area contributed by atoms with E-state index in [1.807, 2.05) is 35.9 Å². The average Bonchev–Trinajstić information content (AvgIpc) is 2.89. The maximum absolute atomic E-state index is 12.7. The number of methoxy groups -OCH3 is 1. The second kappa shape index (κ2) is 6.95. The zero-order valence-corrected chi connectivity index (χ0v) is 16.6. The van der Waals surface area contributed by atoms with Gasteiger partial charge < -0.3 is 9.30 Å². The van der Waals surface area contributed by atoms with Gasteiger partial charge in [0.05, 0.1) is 29.2 Å². The van der Waals surface area contributed by atoms with Crippen molar-refractivity contribution in [2.45, 2.75) is 11.4 Å². The van der Waals surface area contributed by atoms with E-state index in [9.17, 15) is 8.42 Å². The molecule has 0 aliphatic carbocycles. The predicted octanol–water partition coefficient (Wildman–Crippen LogP) is 3.48. The molecule has 0 amide bonds. The van der Waals surface area contributed by atoms with E-state index < -0.39 is 10.0 Å². The first kappa shape index (κ1) is 18.2. The molecule has 0 atom stereocenters. The van der Waals surface area contributed by atoms with Crippen LogP contribution in [0.5, 0.6) is 5.75 Å². The highest BCUT2D eigenvalue weighted by atomic mass is 79.9. The standard InChI is InChI=1S/C16H15BrClN3O3S/c1-21-13-6-4-3-5-12(13)20-15(21)9-19-25(22,23)14-8-10(18)7-11(17)16(14)24-2/h3-8,19H,9H2,1-2H3. The van der Waals surface area contributed by atoms with Crippen LogP contribution in [0.4, 0.5) is 0 Å². The van der Waals surface area contributed by atoms with E-state index in [1.54, 1.807) is 6.07 Å². The highest BCUT2D eigenvalue weighted by Gasteiger charge is 2.23. The molecule has 25 heavy (non-hydrogen) atoms. The first-order valence-corrected chi connectivity index (χ1v) is 9.92. The highest BCUT2D eigenvalue weighted by molar-refractivity contribution is 9.10. The third-order valence-corrected chi connectivity index (χ3v) is 5.98. The summed E-state index contributed by atoms with van der Waals surface area (Å²) in [5.41, 5.74) is 1.74. The van der Waals surface area contributed by atoms with Gasteiger partial charge in [0.1, 0.15) is 10.7 Å². The number of nitrogens with one attached hydrogen (secondary N) is 1. The quantitative estimate of drug-likeness (QED) is 0.654. The minimum atomic E-state index is -3.84. The van der Waals surface area contributed by atoms with Gasteiger partial charge in [-0.3, -0.25) is 0 Å². The second-order valence-electron chi connectivity index (χ2n) is 5.32. The van der Waals surface area contributed by atoms with Crippen LogP contribution in [-0.2, 0) is 23.6 Å². The summed E-state index contributed by atoms with van der Waals surface area (Å²) >= 11 is 9.25. The molecule has 0 saturated carbocycles. The molecule has 0 fully saturated rings. The number of fused-ring (bicyclic) bond motifs is 1. The summed E-state index contributed by atoms with van der Waals surface area (Å²) in [7, 11) is -0.599. The fourth-order valence-electron chi connectivity index (χ4n) is 2.53. The molecule has 3 aromatic rings. The van der Waals surface area contributed by atoms with Crippen molar-refractivity contribution < 1.29 is 13.2 Å². The fraction of sp³-hybridized carbons (Fsp3) is 0.188. The van der Waals surface area contributed by atoms with Crippen molar-refractivity contribution in [3.63, 3.8) is 0 Å². The maximum atomic E-state index is 12.7. The van der Waals surface area contributed by atoms with Crippen molar-refractivity contribution >= 4 is 48.6 Å². The zero-order chi connectivity index (χ0) is 18.2. The van der Waals surface area contributed by atoms with E-state index in [2.05, 4.69) is 25.6 Å². The highest BCUT2D eigenvalue weighted by Crippen LogP contribution is 2.35. The normalized spacial score (nSPS) is 11.8. The summed E-state index contributed by atoms with van der Waals surface area (Å²) < 4.78 is 35.5. The molecule has 2 aromatic carbocycles. The molecule has 1 heterocycles. The Hall–Kier alpha value is -1.61. The van der Waals surface area contributed by atoms with Gasteiger partial charge in [0.25, 0.3) is 0 Å². The lowest BCUT2D eigenvalue weighted by Gasteiger charge is -2.12. The largest absolute Gasteiger partial charge is 0.494 e. The van der Waals surface area contributed by atoms with E-state index in [0.29, 0.717) is 10.3 Å². The van der Waals surface area contributed by atoms with Crippen LogP contribution >= 0.6 is 27.5 Å². The summed E-state index contributed by atoms with van der Waals surface area (Å²) in [4.78, 5) is 4.42. The molecular weight excluding hydrogens is 430 g/mol. The van der Waals surface area contributed by atoms with Crippen LogP contribution < -0.4 is 9.46 Å². The lowest BCUT2D eigenvalue weighted by Crippen LogP contribution is -2.25. The van der Waals surface area contributed by atoms with Gasteiger partial charge in [-0.2, -0.15) is 0 Å². The Morgan fingerprint density at radius 3 is 2.72 bits per heavy atom. The fourth-order valence-corrected chi connectivity index (χ4v) is 4.89. The Bertz CT molecular complexity index is 1050. The molecule has 0 spiro atoms. The smallest absolute Gasteiger partial charge is 0.244 e. The number of sulfonamides is 1. The Kier molecular flexibility index (Phi) is 5.06. The first-order valence-electron chi connectivity index (χ1n) is 7.26. The van der Waals surface area contributed by atoms with Crippen LogP contribution in [0.25, 0.3) is 11.0 Å². The number of imidazole rings is 1. The molecular formula is C16H15BrClN3O3S. The van der Waals surface area contributed by atoms with E-state index >= 15 is 0 Å². The molecule has 0 radical (unpaired) electrons. The van der Waals surface area contributed by atoms with Crippen LogP contribution in [0.3, 0.4) is 0 Å². The third-order valence-electron chi connectivity index (χ3n) is 3.77. The molecule has 1 aromatic heterocycles. The number of nitrogens with zero attached hydrogens (tertiary/aromatic N) is 2. The predicted molar refractivity (Wildman–Crippen MR) is 100 cm³/mol. The summed E-state index contributed by atoms with van der Waals surface area (Å²) in [6.45, 7) is 0.0425. The number of benzene rings is 2. The lowest BCUT2D eigenvalue weighted by atomic mass is 10.3. The van der Waals surface area contributed by atoms with Crippen LogP contribution in [0.15, 0.2) is 45.8 Å². The molecule has 0 saturated heterocycles. The van der Waals surface area contributed by atoms with Crippen molar-refractivity contribution in [1.29, 1.82) is 0 Å². The van der Waals surface area contributed by atoms with Gasteiger partial charge in [-0.1, -0.05) is 23.7 Å². The summed E-state index contributed by atoms with van der Waals surface area (Å²) in [6, 6.07) is 10.5. The zero-order valence-electron chi connectivity index (χ0n) is 13.5. The maximum Gasteiger partial charge on any atom is 0.244 e. The minimum absolute atomic E-state index is 0.0341. The van der Waals surface area contributed by atoms with Crippen LogP contribution in [0.1, 0.15) is 5.82 Å². The Morgan fingerprint density at radius 2 is 2.04 bits per heavy atom. The summed E-state index contributed by atoms with van der Waals surface area (Å²) in [5.74, 6) is 0.798. The number of hydrogen-bond acceptors (Lipinski definition) is 4. The van der Waals surface area contributed by atoms with Crippen molar-refractivity contribution in [3.05, 3.63) is 51.7 Å². The molecule has 3 rings (SSSR count). The van der Waals surface area contributed by atoms with E-state index in [4.69, 9.17) is 16.3 Å². The minimum Gasteiger partial charge on any atom is -0.494 e. The Balaban J connectivity index is 1.93. The van der Waals surface area contributed by atoms with Gasteiger partial charge in [-0.05, 0) is 40.2 Å². The molecule has 132 valence electrons. The number of ether oxygens (including phenoxy) is 1. The third kappa shape index (κ3) is 3.52. The number of rotatable bonds is 5. The molecule has 0 aliphatic heterocycles. The topological polar surface area (TPSA) is 73.2 Å². The van der Waals surface area contributed by atoms with Crippen molar-refractivity contribution in [1.82, 2.24) is 14.3 Å². The van der Waals surface area contributed by atoms with E-state index in [-0.39, 0.29) is 22.2 Å². The SMILES string of the molecule is COc1c(Br)cc(Cl)cc1S(=O)(=O)NCc1nc2ccccc2n1C. The molecule has 0 aliphatic rings. The number of aryl methyl sites for hydroxylation is 1. The number of halogens is 2. The van der Waals surface area contributed by atoms with Gasteiger partial charge in [-0.25, -0.2) is 18.1 Å². The summed E-state index contributed by atoms with van der Waals surface area (Å²) in [5, 5.41) is 0.288. The molecule has 6 nitrogen and oxygen atoms in total. The van der Waals surface area contributed by atoms with Gasteiger partial charge in [0.15, 0.2) is 5.75 Å². The molecule has 0 unspecified atom stereocenters. The van der Waals surface area contributed by atoms with E-state index in [0.717, 1.165) is 11.0 Å². The van der Waals surface area contributed by atoms with Crippen LogP contribution in [-0.4, -0.2) is 25.1 Å². The molecule has 0 bridgehead atoms. The first-order chi connectivity index (χ1) is 11.8. The second-order valence-corrected chi connectivity index (χ2v) is 8.35. The molecule has 1 N–H and O–H groups in total. The van der Waals surface area contributed by atoms with Crippen LogP contribution in [0, 0.1) is 0 Å². The van der Waals surface area contributed by atoms with Gasteiger partial charge in [0.2, 0.25) is 10.0 Å². The van der Waals surface area contributed by atoms with Gasteiger partial charge >= 0.3 is 0 Å². The average molecular weight is 445 g/mol. The number of aromatic nitrogens is 2. The summed E-state index contributed by atoms with van der Waals surface area (Å²) in [6.07, 6.45) is 0. The lowest BCUT2D eigenvalue weighted by molar-refractivity contribution is 0.399. The van der Waals surface area contributed by atoms with Gasteiger partial charge in [-0.15, -0.1) is 0 Å². The van der Waals surface area contributed by atoms with Gasteiger partial charge in [0, 0.05) is 12.1 Å². The Labute approximate surface area is 158 Å². The van der Waals surface area contributed by atoms with Crippen molar-refractivity contribution in [3.8, 4) is 5.75 Å².